The average molecular weight is 413 g/mol. The molecule has 0 aliphatic heterocycles. The molecule has 8 nitrogen and oxygen atoms in total. The number of aliphatic hydroxyl groups is 2. The van der Waals surface area contributed by atoms with Crippen LogP contribution in [0.3, 0.4) is 0 Å². The van der Waals surface area contributed by atoms with E-state index in [2.05, 4.69) is 0 Å². The van der Waals surface area contributed by atoms with Crippen molar-refractivity contribution >= 4 is 11.8 Å². The average Bonchev–Trinajstić information content (AvgIpc) is 2.72. The molecule has 2 aromatic carbocycles. The van der Waals surface area contributed by atoms with Crippen molar-refractivity contribution in [2.75, 3.05) is 0 Å². The van der Waals surface area contributed by atoms with Crippen molar-refractivity contribution in [2.24, 2.45) is 0 Å². The van der Waals surface area contributed by atoms with Crippen molar-refractivity contribution in [3.05, 3.63) is 81.9 Å². The summed E-state index contributed by atoms with van der Waals surface area (Å²) in [5.41, 5.74) is -3.93. The number of nitrogens with zero attached hydrogens (tertiary/aromatic N) is 1. The fraction of sp³-hybridized carbons (Fsp3) is 0.364. The second-order valence-electron chi connectivity index (χ2n) is 7.67. The highest BCUT2D eigenvalue weighted by molar-refractivity contribution is 5.89. The summed E-state index contributed by atoms with van der Waals surface area (Å²) in [7, 11) is 0. The van der Waals surface area contributed by atoms with E-state index in [4.69, 9.17) is 4.74 Å². The zero-order valence-corrected chi connectivity index (χ0v) is 16.4. The minimum Gasteiger partial charge on any atom is -0.458 e. The molecule has 0 aromatic heterocycles. The van der Waals surface area contributed by atoms with Crippen molar-refractivity contribution < 1.29 is 29.5 Å². The van der Waals surface area contributed by atoms with Crippen LogP contribution in [0.25, 0.3) is 0 Å². The molecule has 0 unspecified atom stereocenters. The predicted octanol–water partition coefficient (Wildman–Crippen LogP) is 2.00. The fourth-order valence-electron chi connectivity index (χ4n) is 4.13. The van der Waals surface area contributed by atoms with E-state index in [0.717, 1.165) is 6.92 Å². The van der Waals surface area contributed by atoms with Crippen LogP contribution in [0.1, 0.15) is 36.8 Å². The standard InChI is InChI=1S/C22H23NO7/c1-15(24)21(26)12-18(17-10-6-3-7-11-17)13-22(27,19(21)23(28)29)20(25)30-14-16-8-4-2-5-9-16/h2-11,18-19,26-27H,12-14H2,1H3/t18-,19-,21+,22+/m1/s1. The summed E-state index contributed by atoms with van der Waals surface area (Å²) in [5, 5.41) is 34.1. The summed E-state index contributed by atoms with van der Waals surface area (Å²) in [6.45, 7) is 0.806. The second-order valence-corrected chi connectivity index (χ2v) is 7.67. The molecule has 0 spiro atoms. The molecule has 1 fully saturated rings. The first kappa shape index (κ1) is 21.6. The van der Waals surface area contributed by atoms with Gasteiger partial charge in [0, 0.05) is 11.3 Å². The normalized spacial score (nSPS) is 28.5. The van der Waals surface area contributed by atoms with Crippen LogP contribution in [0, 0.1) is 10.1 Å². The van der Waals surface area contributed by atoms with Gasteiger partial charge < -0.3 is 14.9 Å². The minimum absolute atomic E-state index is 0.207. The summed E-state index contributed by atoms with van der Waals surface area (Å²) < 4.78 is 5.19. The SMILES string of the molecule is CC(=O)[C@@]1(O)C[C@@H](c2ccccc2)C[C@@](O)(C(=O)OCc2ccccc2)[C@@H]1[N+](=O)[O-]. The summed E-state index contributed by atoms with van der Waals surface area (Å²) in [6, 6.07) is 15.1. The van der Waals surface area contributed by atoms with Gasteiger partial charge in [0.1, 0.15) is 6.61 Å². The number of benzene rings is 2. The van der Waals surface area contributed by atoms with E-state index in [1.54, 1.807) is 60.7 Å². The van der Waals surface area contributed by atoms with Gasteiger partial charge in [0.25, 0.3) is 6.04 Å². The molecule has 0 amide bonds. The number of hydrogen-bond acceptors (Lipinski definition) is 7. The number of hydrogen-bond donors (Lipinski definition) is 2. The third-order valence-electron chi connectivity index (χ3n) is 5.68. The van der Waals surface area contributed by atoms with Crippen LogP contribution in [0.15, 0.2) is 60.7 Å². The van der Waals surface area contributed by atoms with Crippen LogP contribution in [0.5, 0.6) is 0 Å². The third-order valence-corrected chi connectivity index (χ3v) is 5.68. The van der Waals surface area contributed by atoms with Gasteiger partial charge in [-0.05, 0) is 30.4 Å². The molecule has 158 valence electrons. The van der Waals surface area contributed by atoms with Gasteiger partial charge in [0.05, 0.1) is 0 Å². The number of Topliss-reactive ketones (excluding diaryl/α,β-unsaturated/α-hetero) is 1. The van der Waals surface area contributed by atoms with Crippen LogP contribution in [0.4, 0.5) is 0 Å². The van der Waals surface area contributed by atoms with E-state index in [-0.39, 0.29) is 19.4 Å². The summed E-state index contributed by atoms with van der Waals surface area (Å²) >= 11 is 0. The molecule has 0 saturated heterocycles. The lowest BCUT2D eigenvalue weighted by Gasteiger charge is -2.44. The highest BCUT2D eigenvalue weighted by atomic mass is 16.6. The Labute approximate surface area is 173 Å². The summed E-state index contributed by atoms with van der Waals surface area (Å²) in [6.07, 6.45) is -0.641. The van der Waals surface area contributed by atoms with Crippen molar-refractivity contribution in [1.29, 1.82) is 0 Å². The van der Waals surface area contributed by atoms with E-state index in [1.807, 2.05) is 0 Å². The third kappa shape index (κ3) is 3.96. The summed E-state index contributed by atoms with van der Waals surface area (Å²) in [4.78, 5) is 36.1. The van der Waals surface area contributed by atoms with E-state index in [1.165, 1.54) is 0 Å². The number of nitro groups is 1. The zero-order valence-electron chi connectivity index (χ0n) is 16.4. The molecule has 1 aliphatic carbocycles. The van der Waals surface area contributed by atoms with Gasteiger partial charge >= 0.3 is 5.97 Å². The Hall–Kier alpha value is -3.10. The van der Waals surface area contributed by atoms with E-state index in [0.29, 0.717) is 11.1 Å². The Morgan fingerprint density at radius 2 is 1.57 bits per heavy atom. The second kappa shape index (κ2) is 8.33. The highest BCUT2D eigenvalue weighted by Gasteiger charge is 2.69. The topological polar surface area (TPSA) is 127 Å². The molecular formula is C22H23NO7. The Morgan fingerprint density at radius 1 is 1.03 bits per heavy atom. The largest absolute Gasteiger partial charge is 0.458 e. The number of esters is 1. The number of ketones is 1. The molecule has 2 N–H and O–H groups in total. The van der Waals surface area contributed by atoms with E-state index in [9.17, 15) is 29.9 Å². The molecule has 2 aromatic rings. The molecule has 1 saturated carbocycles. The van der Waals surface area contributed by atoms with Crippen molar-refractivity contribution in [1.82, 2.24) is 0 Å². The number of rotatable bonds is 6. The van der Waals surface area contributed by atoms with Crippen molar-refractivity contribution in [3.8, 4) is 0 Å². The maximum atomic E-state index is 12.9. The lowest BCUT2D eigenvalue weighted by Crippen LogP contribution is -2.70. The Kier molecular flexibility index (Phi) is 6.00. The number of carbonyl (C=O) groups is 2. The van der Waals surface area contributed by atoms with Gasteiger partial charge in [-0.25, -0.2) is 4.79 Å². The van der Waals surface area contributed by atoms with Crippen LogP contribution in [-0.4, -0.2) is 44.1 Å². The van der Waals surface area contributed by atoms with Crippen LogP contribution in [0.2, 0.25) is 0 Å². The first-order chi connectivity index (χ1) is 14.2. The Balaban J connectivity index is 1.99. The lowest BCUT2D eigenvalue weighted by atomic mass is 9.63. The Morgan fingerprint density at radius 3 is 2.10 bits per heavy atom. The molecule has 3 rings (SSSR count). The van der Waals surface area contributed by atoms with Crippen molar-refractivity contribution in [2.45, 2.75) is 49.5 Å². The molecule has 0 heterocycles. The predicted molar refractivity (Wildman–Crippen MR) is 106 cm³/mol. The molecular weight excluding hydrogens is 390 g/mol. The molecule has 0 bridgehead atoms. The lowest BCUT2D eigenvalue weighted by molar-refractivity contribution is -0.565. The van der Waals surface area contributed by atoms with Gasteiger partial charge in [0.2, 0.25) is 5.60 Å². The maximum Gasteiger partial charge on any atom is 0.345 e. The van der Waals surface area contributed by atoms with E-state index < -0.39 is 39.8 Å². The monoisotopic (exact) mass is 413 g/mol. The summed E-state index contributed by atoms with van der Waals surface area (Å²) in [5.74, 6) is -2.79. The molecule has 0 radical (unpaired) electrons. The van der Waals surface area contributed by atoms with Crippen LogP contribution in [-0.2, 0) is 20.9 Å². The quantitative estimate of drug-likeness (QED) is 0.421. The molecule has 1 aliphatic rings. The number of ether oxygens (including phenoxy) is 1. The Bertz CT molecular complexity index is 933. The maximum absolute atomic E-state index is 12.9. The van der Waals surface area contributed by atoms with Crippen LogP contribution < -0.4 is 0 Å². The molecule has 8 heteroatoms. The van der Waals surface area contributed by atoms with Crippen molar-refractivity contribution in [3.63, 3.8) is 0 Å². The zero-order chi connectivity index (χ0) is 21.9. The molecule has 30 heavy (non-hydrogen) atoms. The molecule has 4 atom stereocenters. The first-order valence-electron chi connectivity index (χ1n) is 9.54. The van der Waals surface area contributed by atoms with Gasteiger partial charge in [-0.3, -0.25) is 14.9 Å². The van der Waals surface area contributed by atoms with Gasteiger partial charge in [-0.2, -0.15) is 0 Å². The number of carbonyl (C=O) groups excluding carboxylic acids is 2. The smallest absolute Gasteiger partial charge is 0.345 e. The fourth-order valence-corrected chi connectivity index (χ4v) is 4.13. The first-order valence-corrected chi connectivity index (χ1v) is 9.54. The van der Waals surface area contributed by atoms with Gasteiger partial charge in [-0.15, -0.1) is 0 Å². The minimum atomic E-state index is -2.68. The van der Waals surface area contributed by atoms with Crippen LogP contribution >= 0.6 is 0 Å². The van der Waals surface area contributed by atoms with Gasteiger partial charge in [0.15, 0.2) is 11.4 Å². The van der Waals surface area contributed by atoms with Gasteiger partial charge in [-0.1, -0.05) is 60.7 Å². The highest BCUT2D eigenvalue weighted by Crippen LogP contribution is 2.46. The van der Waals surface area contributed by atoms with E-state index >= 15 is 0 Å².